The fourth-order valence-corrected chi connectivity index (χ4v) is 4.78. The molecule has 1 aromatic rings. The van der Waals surface area contributed by atoms with Crippen LogP contribution in [0.25, 0.3) is 0 Å². The summed E-state index contributed by atoms with van der Waals surface area (Å²) in [6.07, 6.45) is 2.58. The molecule has 138 valence electrons. The molecule has 0 aromatic heterocycles. The molecule has 0 aliphatic rings. The van der Waals surface area contributed by atoms with Gasteiger partial charge in [-0.3, -0.25) is 0 Å². The van der Waals surface area contributed by atoms with E-state index in [-0.39, 0.29) is 17.4 Å². The van der Waals surface area contributed by atoms with Crippen molar-refractivity contribution in [2.24, 2.45) is 11.8 Å². The summed E-state index contributed by atoms with van der Waals surface area (Å²) in [7, 11) is -3.67. The Kier molecular flexibility index (Phi) is 8.71. The smallest absolute Gasteiger partial charge is 0.243 e. The number of benzene rings is 1. The monoisotopic (exact) mass is 375 g/mol. The van der Waals surface area contributed by atoms with Crippen molar-refractivity contribution in [3.63, 3.8) is 0 Å². The first-order valence-electron chi connectivity index (χ1n) is 8.60. The van der Waals surface area contributed by atoms with Crippen molar-refractivity contribution in [1.29, 1.82) is 0 Å². The van der Waals surface area contributed by atoms with Crippen molar-refractivity contribution >= 4 is 21.6 Å². The molecule has 2 unspecified atom stereocenters. The summed E-state index contributed by atoms with van der Waals surface area (Å²) in [5.41, 5.74) is 0. The lowest BCUT2D eigenvalue weighted by molar-refractivity contribution is 0.156. The molecule has 0 radical (unpaired) electrons. The van der Waals surface area contributed by atoms with E-state index in [1.165, 1.54) is 16.4 Å². The number of hydrogen-bond acceptors (Lipinski definition) is 3. The Morgan fingerprint density at radius 2 is 1.75 bits per heavy atom. The van der Waals surface area contributed by atoms with Gasteiger partial charge in [0.15, 0.2) is 0 Å². The lowest BCUT2D eigenvalue weighted by atomic mass is 10.0. The molecule has 0 fully saturated rings. The SMILES string of the molecule is CCCC(C)CN(C(CO)CC(C)C)S(=O)(=O)c1ccc(Cl)cc1. The van der Waals surface area contributed by atoms with Crippen LogP contribution >= 0.6 is 11.6 Å². The number of nitrogens with zero attached hydrogens (tertiary/aromatic N) is 1. The molecule has 0 heterocycles. The minimum atomic E-state index is -3.67. The maximum absolute atomic E-state index is 13.1. The summed E-state index contributed by atoms with van der Waals surface area (Å²) >= 11 is 5.88. The highest BCUT2D eigenvalue weighted by Gasteiger charge is 2.32. The van der Waals surface area contributed by atoms with E-state index in [0.29, 0.717) is 23.9 Å². The highest BCUT2D eigenvalue weighted by atomic mass is 35.5. The highest BCUT2D eigenvalue weighted by Crippen LogP contribution is 2.25. The molecule has 0 aliphatic heterocycles. The molecule has 1 aromatic carbocycles. The topological polar surface area (TPSA) is 57.6 Å². The summed E-state index contributed by atoms with van der Waals surface area (Å²) in [4.78, 5) is 0.220. The lowest BCUT2D eigenvalue weighted by Gasteiger charge is -2.32. The number of rotatable bonds is 10. The maximum atomic E-state index is 13.1. The number of hydrogen-bond donors (Lipinski definition) is 1. The van der Waals surface area contributed by atoms with E-state index in [0.717, 1.165) is 12.8 Å². The minimum Gasteiger partial charge on any atom is -0.395 e. The van der Waals surface area contributed by atoms with E-state index in [9.17, 15) is 13.5 Å². The van der Waals surface area contributed by atoms with Gasteiger partial charge in [-0.15, -0.1) is 0 Å². The fraction of sp³-hybridized carbons (Fsp3) is 0.667. The van der Waals surface area contributed by atoms with Crippen LogP contribution in [-0.4, -0.2) is 37.0 Å². The van der Waals surface area contributed by atoms with Crippen LogP contribution in [0, 0.1) is 11.8 Å². The van der Waals surface area contributed by atoms with Gasteiger partial charge in [0.2, 0.25) is 10.0 Å². The first kappa shape index (κ1) is 21.4. The van der Waals surface area contributed by atoms with Gasteiger partial charge in [0.1, 0.15) is 0 Å². The third-order valence-corrected chi connectivity index (χ3v) is 6.24. The average molecular weight is 376 g/mol. The van der Waals surface area contributed by atoms with Gasteiger partial charge < -0.3 is 5.11 Å². The summed E-state index contributed by atoms with van der Waals surface area (Å²) in [6.45, 7) is 8.45. The average Bonchev–Trinajstić information content (AvgIpc) is 2.51. The van der Waals surface area contributed by atoms with Crippen LogP contribution in [0.5, 0.6) is 0 Å². The van der Waals surface area contributed by atoms with Crippen molar-refractivity contribution in [3.05, 3.63) is 29.3 Å². The molecule has 0 aliphatic carbocycles. The molecule has 1 rings (SSSR count). The van der Waals surface area contributed by atoms with Crippen LogP contribution in [-0.2, 0) is 10.0 Å². The second-order valence-electron chi connectivity index (χ2n) is 6.89. The van der Waals surface area contributed by atoms with Gasteiger partial charge in [0, 0.05) is 17.6 Å². The first-order chi connectivity index (χ1) is 11.2. The third-order valence-electron chi connectivity index (χ3n) is 4.05. The lowest BCUT2D eigenvalue weighted by Crippen LogP contribution is -2.45. The molecule has 0 bridgehead atoms. The molecule has 1 N–H and O–H groups in total. The zero-order valence-electron chi connectivity index (χ0n) is 15.1. The Labute approximate surface area is 151 Å². The van der Waals surface area contributed by atoms with Gasteiger partial charge in [-0.05, 0) is 48.9 Å². The Morgan fingerprint density at radius 1 is 1.17 bits per heavy atom. The van der Waals surface area contributed by atoms with Gasteiger partial charge >= 0.3 is 0 Å². The van der Waals surface area contributed by atoms with E-state index in [2.05, 4.69) is 13.8 Å². The normalized spacial score (nSPS) is 15.0. The largest absolute Gasteiger partial charge is 0.395 e. The highest BCUT2D eigenvalue weighted by molar-refractivity contribution is 7.89. The Morgan fingerprint density at radius 3 is 2.21 bits per heavy atom. The maximum Gasteiger partial charge on any atom is 0.243 e. The molecule has 0 saturated heterocycles. The second kappa shape index (κ2) is 9.76. The van der Waals surface area contributed by atoms with Crippen LogP contribution in [0.4, 0.5) is 0 Å². The molecule has 24 heavy (non-hydrogen) atoms. The van der Waals surface area contributed by atoms with Crippen LogP contribution in [0.2, 0.25) is 5.02 Å². The summed E-state index contributed by atoms with van der Waals surface area (Å²) in [6, 6.07) is 5.81. The van der Waals surface area contributed by atoms with Gasteiger partial charge in [-0.2, -0.15) is 4.31 Å². The van der Waals surface area contributed by atoms with Gasteiger partial charge in [0.05, 0.1) is 11.5 Å². The summed E-state index contributed by atoms with van der Waals surface area (Å²) in [5.74, 6) is 0.532. The summed E-state index contributed by atoms with van der Waals surface area (Å²) < 4.78 is 27.8. The Bertz CT molecular complexity index is 587. The Hall–Kier alpha value is -0.620. The molecular formula is C18H30ClNO3S. The van der Waals surface area contributed by atoms with Gasteiger partial charge in [0.25, 0.3) is 0 Å². The quantitative estimate of drug-likeness (QED) is 0.667. The van der Waals surface area contributed by atoms with Crippen LogP contribution in [0.1, 0.15) is 47.0 Å². The van der Waals surface area contributed by atoms with Crippen molar-refractivity contribution in [2.45, 2.75) is 57.9 Å². The molecular weight excluding hydrogens is 346 g/mol. The van der Waals surface area contributed by atoms with E-state index in [4.69, 9.17) is 11.6 Å². The molecule has 4 nitrogen and oxygen atoms in total. The van der Waals surface area contributed by atoms with E-state index in [1.54, 1.807) is 12.1 Å². The third kappa shape index (κ3) is 6.03. The van der Waals surface area contributed by atoms with Crippen molar-refractivity contribution in [1.82, 2.24) is 4.31 Å². The van der Waals surface area contributed by atoms with E-state index < -0.39 is 16.1 Å². The molecule has 0 amide bonds. The first-order valence-corrected chi connectivity index (χ1v) is 10.4. The zero-order valence-corrected chi connectivity index (χ0v) is 16.6. The Balaban J connectivity index is 3.20. The number of halogens is 1. The number of sulfonamides is 1. The zero-order chi connectivity index (χ0) is 18.3. The van der Waals surface area contributed by atoms with E-state index >= 15 is 0 Å². The summed E-state index contributed by atoms with van der Waals surface area (Å²) in [5, 5.41) is 10.3. The van der Waals surface area contributed by atoms with Crippen LogP contribution in [0.15, 0.2) is 29.2 Å². The standard InChI is InChI=1S/C18H30ClNO3S/c1-5-6-15(4)12-20(17(13-21)11-14(2)3)24(22,23)18-9-7-16(19)8-10-18/h7-10,14-15,17,21H,5-6,11-13H2,1-4H3. The predicted octanol–water partition coefficient (Wildman–Crippen LogP) is 4.17. The number of aliphatic hydroxyl groups excluding tert-OH is 1. The molecule has 6 heteroatoms. The van der Waals surface area contributed by atoms with Crippen LogP contribution in [0.3, 0.4) is 0 Å². The van der Waals surface area contributed by atoms with E-state index in [1.807, 2.05) is 13.8 Å². The minimum absolute atomic E-state index is 0.177. The number of aliphatic hydroxyl groups is 1. The molecule has 0 saturated carbocycles. The second-order valence-corrected chi connectivity index (χ2v) is 9.22. The van der Waals surface area contributed by atoms with Gasteiger partial charge in [-0.1, -0.05) is 45.7 Å². The molecule has 0 spiro atoms. The fourth-order valence-electron chi connectivity index (χ4n) is 2.90. The van der Waals surface area contributed by atoms with Crippen LogP contribution < -0.4 is 0 Å². The van der Waals surface area contributed by atoms with Crippen molar-refractivity contribution < 1.29 is 13.5 Å². The van der Waals surface area contributed by atoms with Gasteiger partial charge in [-0.25, -0.2) is 8.42 Å². The van der Waals surface area contributed by atoms with Crippen molar-refractivity contribution in [3.8, 4) is 0 Å². The predicted molar refractivity (Wildman–Crippen MR) is 99.7 cm³/mol. The van der Waals surface area contributed by atoms with Crippen molar-refractivity contribution in [2.75, 3.05) is 13.2 Å². The molecule has 2 atom stereocenters.